The number of hydrogen-bond acceptors (Lipinski definition) is 3. The van der Waals surface area contributed by atoms with Crippen LogP contribution in [0.1, 0.15) is 11.1 Å². The Bertz CT molecular complexity index is 709. The van der Waals surface area contributed by atoms with Crippen LogP contribution in [0.2, 0.25) is 0 Å². The van der Waals surface area contributed by atoms with Gasteiger partial charge in [-0.05, 0) is 33.1 Å². The Hall–Kier alpha value is -2.14. The number of nitrogens with zero attached hydrogens (tertiary/aromatic N) is 3. The summed E-state index contributed by atoms with van der Waals surface area (Å²) in [4.78, 5) is 4.15. The van der Waals surface area contributed by atoms with E-state index in [0.717, 1.165) is 28.8 Å². The largest absolute Gasteiger partial charge is 0.378 e. The SMILES string of the molecule is Brc1cncc(CNc2cnn(Cc3ccccc3)c2)c1. The van der Waals surface area contributed by atoms with Gasteiger partial charge in [0.15, 0.2) is 0 Å². The zero-order valence-corrected chi connectivity index (χ0v) is 13.0. The number of anilines is 1. The van der Waals surface area contributed by atoms with Crippen molar-refractivity contribution in [1.29, 1.82) is 0 Å². The highest BCUT2D eigenvalue weighted by Crippen LogP contribution is 2.12. The topological polar surface area (TPSA) is 42.7 Å². The highest BCUT2D eigenvalue weighted by Gasteiger charge is 2.00. The molecule has 0 atom stereocenters. The lowest BCUT2D eigenvalue weighted by Gasteiger charge is -2.04. The molecule has 3 aromatic rings. The molecular weight excluding hydrogens is 328 g/mol. The zero-order chi connectivity index (χ0) is 14.5. The average molecular weight is 343 g/mol. The first-order chi connectivity index (χ1) is 10.3. The molecule has 3 rings (SSSR count). The molecule has 2 aromatic heterocycles. The predicted octanol–water partition coefficient (Wildman–Crippen LogP) is 3.70. The molecular formula is C16H15BrN4. The van der Waals surface area contributed by atoms with Gasteiger partial charge in [0, 0.05) is 29.6 Å². The fourth-order valence-corrected chi connectivity index (χ4v) is 2.48. The quantitative estimate of drug-likeness (QED) is 0.768. The van der Waals surface area contributed by atoms with E-state index in [-0.39, 0.29) is 0 Å². The van der Waals surface area contributed by atoms with Crippen molar-refractivity contribution in [2.45, 2.75) is 13.1 Å². The molecule has 4 nitrogen and oxygen atoms in total. The van der Waals surface area contributed by atoms with E-state index in [2.05, 4.69) is 43.5 Å². The number of nitrogens with one attached hydrogen (secondary N) is 1. The Kier molecular flexibility index (Phi) is 4.31. The second-order valence-electron chi connectivity index (χ2n) is 4.78. The Morgan fingerprint density at radius 2 is 1.90 bits per heavy atom. The minimum atomic E-state index is 0.726. The minimum absolute atomic E-state index is 0.726. The fourth-order valence-electron chi connectivity index (χ4n) is 2.07. The second-order valence-corrected chi connectivity index (χ2v) is 5.69. The summed E-state index contributed by atoms with van der Waals surface area (Å²) in [6.45, 7) is 1.50. The molecule has 0 saturated carbocycles. The molecule has 0 fully saturated rings. The molecule has 0 aliphatic rings. The first-order valence-electron chi connectivity index (χ1n) is 6.69. The van der Waals surface area contributed by atoms with Crippen molar-refractivity contribution in [3.8, 4) is 0 Å². The van der Waals surface area contributed by atoms with Crippen LogP contribution in [-0.4, -0.2) is 14.8 Å². The third-order valence-electron chi connectivity index (χ3n) is 3.08. The van der Waals surface area contributed by atoms with E-state index < -0.39 is 0 Å². The van der Waals surface area contributed by atoms with Crippen molar-refractivity contribution in [2.24, 2.45) is 0 Å². The van der Waals surface area contributed by atoms with Crippen LogP contribution in [0.15, 0.2) is 65.7 Å². The van der Waals surface area contributed by atoms with Crippen molar-refractivity contribution < 1.29 is 0 Å². The Morgan fingerprint density at radius 3 is 2.71 bits per heavy atom. The van der Waals surface area contributed by atoms with Crippen molar-refractivity contribution in [3.05, 3.63) is 76.8 Å². The molecule has 21 heavy (non-hydrogen) atoms. The molecule has 0 aliphatic heterocycles. The van der Waals surface area contributed by atoms with Crippen molar-refractivity contribution in [2.75, 3.05) is 5.32 Å². The van der Waals surface area contributed by atoms with Gasteiger partial charge in [0.05, 0.1) is 18.4 Å². The molecule has 0 spiro atoms. The van der Waals surface area contributed by atoms with E-state index >= 15 is 0 Å². The first-order valence-corrected chi connectivity index (χ1v) is 7.48. The van der Waals surface area contributed by atoms with Gasteiger partial charge in [-0.25, -0.2) is 0 Å². The van der Waals surface area contributed by atoms with Gasteiger partial charge >= 0.3 is 0 Å². The van der Waals surface area contributed by atoms with Crippen molar-refractivity contribution in [3.63, 3.8) is 0 Å². The molecule has 2 heterocycles. The van der Waals surface area contributed by atoms with E-state index in [0.29, 0.717) is 0 Å². The summed E-state index contributed by atoms with van der Waals surface area (Å²) in [5.41, 5.74) is 3.37. The summed E-state index contributed by atoms with van der Waals surface area (Å²) in [5.74, 6) is 0. The van der Waals surface area contributed by atoms with E-state index in [1.165, 1.54) is 5.56 Å². The molecule has 0 radical (unpaired) electrons. The van der Waals surface area contributed by atoms with Crippen LogP contribution >= 0.6 is 15.9 Å². The maximum Gasteiger partial charge on any atom is 0.0729 e. The van der Waals surface area contributed by atoms with Gasteiger partial charge in [0.1, 0.15) is 0 Å². The van der Waals surface area contributed by atoms with Gasteiger partial charge in [0.2, 0.25) is 0 Å². The summed E-state index contributed by atoms with van der Waals surface area (Å²) < 4.78 is 2.91. The Balaban J connectivity index is 1.60. The van der Waals surface area contributed by atoms with Crippen molar-refractivity contribution in [1.82, 2.24) is 14.8 Å². The number of rotatable bonds is 5. The molecule has 1 aromatic carbocycles. The van der Waals surface area contributed by atoms with Gasteiger partial charge in [-0.3, -0.25) is 9.67 Å². The molecule has 5 heteroatoms. The van der Waals surface area contributed by atoms with Crippen molar-refractivity contribution >= 4 is 21.6 Å². The van der Waals surface area contributed by atoms with E-state index in [9.17, 15) is 0 Å². The number of aromatic nitrogens is 3. The summed E-state index contributed by atoms with van der Waals surface area (Å²) in [6.07, 6.45) is 7.49. The van der Waals surface area contributed by atoms with Gasteiger partial charge in [-0.1, -0.05) is 30.3 Å². The summed E-state index contributed by atoms with van der Waals surface area (Å²) in [7, 11) is 0. The lowest BCUT2D eigenvalue weighted by Crippen LogP contribution is -2.00. The maximum atomic E-state index is 4.37. The van der Waals surface area contributed by atoms with Gasteiger partial charge in [0.25, 0.3) is 0 Å². The summed E-state index contributed by atoms with van der Waals surface area (Å²) in [6, 6.07) is 12.3. The zero-order valence-electron chi connectivity index (χ0n) is 11.4. The number of hydrogen-bond donors (Lipinski definition) is 1. The number of halogens is 1. The Labute approximate surface area is 132 Å². The van der Waals surface area contributed by atoms with Gasteiger partial charge < -0.3 is 5.32 Å². The van der Waals surface area contributed by atoms with E-state index in [4.69, 9.17) is 0 Å². The minimum Gasteiger partial charge on any atom is -0.378 e. The van der Waals surface area contributed by atoms with Crippen LogP contribution in [0.25, 0.3) is 0 Å². The monoisotopic (exact) mass is 342 g/mol. The normalized spacial score (nSPS) is 10.5. The molecule has 0 bridgehead atoms. The lowest BCUT2D eigenvalue weighted by atomic mass is 10.2. The second kappa shape index (κ2) is 6.54. The average Bonchev–Trinajstić information content (AvgIpc) is 2.94. The predicted molar refractivity (Wildman–Crippen MR) is 87.0 cm³/mol. The van der Waals surface area contributed by atoms with Crippen LogP contribution in [0.4, 0.5) is 5.69 Å². The van der Waals surface area contributed by atoms with Crippen LogP contribution in [0, 0.1) is 0 Å². The third-order valence-corrected chi connectivity index (χ3v) is 3.51. The maximum absolute atomic E-state index is 4.37. The van der Waals surface area contributed by atoms with E-state index in [1.54, 1.807) is 6.20 Å². The van der Waals surface area contributed by atoms with Crippen LogP contribution < -0.4 is 5.32 Å². The van der Waals surface area contributed by atoms with E-state index in [1.807, 2.05) is 47.5 Å². The highest BCUT2D eigenvalue weighted by molar-refractivity contribution is 9.10. The third kappa shape index (κ3) is 3.92. The smallest absolute Gasteiger partial charge is 0.0729 e. The standard InChI is InChI=1S/C16H15BrN4/c17-15-6-14(7-18-9-15)8-19-16-10-20-21(12-16)11-13-4-2-1-3-5-13/h1-7,9-10,12,19H,8,11H2. The number of pyridine rings is 1. The molecule has 0 amide bonds. The first kappa shape index (κ1) is 13.8. The lowest BCUT2D eigenvalue weighted by molar-refractivity contribution is 0.687. The Morgan fingerprint density at radius 1 is 1.05 bits per heavy atom. The molecule has 0 unspecified atom stereocenters. The fraction of sp³-hybridized carbons (Fsp3) is 0.125. The molecule has 106 valence electrons. The van der Waals surface area contributed by atoms with Crippen LogP contribution in [-0.2, 0) is 13.1 Å². The highest BCUT2D eigenvalue weighted by atomic mass is 79.9. The summed E-state index contributed by atoms with van der Waals surface area (Å²) >= 11 is 3.42. The van der Waals surface area contributed by atoms with Crippen LogP contribution in [0.3, 0.4) is 0 Å². The number of benzene rings is 1. The van der Waals surface area contributed by atoms with Gasteiger partial charge in [-0.2, -0.15) is 5.10 Å². The summed E-state index contributed by atoms with van der Waals surface area (Å²) in [5, 5.41) is 7.72. The van der Waals surface area contributed by atoms with Crippen LogP contribution in [0.5, 0.6) is 0 Å². The molecule has 0 aliphatic carbocycles. The molecule has 0 saturated heterocycles. The molecule has 1 N–H and O–H groups in total. The van der Waals surface area contributed by atoms with Gasteiger partial charge in [-0.15, -0.1) is 0 Å².